The van der Waals surface area contributed by atoms with E-state index >= 15 is 0 Å². The van der Waals surface area contributed by atoms with Crippen LogP contribution in [0.1, 0.15) is 20.7 Å². The summed E-state index contributed by atoms with van der Waals surface area (Å²) in [4.78, 5) is 38.3. The van der Waals surface area contributed by atoms with Gasteiger partial charge in [0.25, 0.3) is 5.56 Å². The molecule has 0 aliphatic rings. The van der Waals surface area contributed by atoms with Gasteiger partial charge in [0.15, 0.2) is 0 Å². The zero-order valence-corrected chi connectivity index (χ0v) is 13.5. The van der Waals surface area contributed by atoms with Crippen LogP contribution in [-0.2, 0) is 0 Å². The second-order valence-electron chi connectivity index (χ2n) is 5.16. The predicted octanol–water partition coefficient (Wildman–Crippen LogP) is 2.75. The normalized spacial score (nSPS) is 10.6. The highest BCUT2D eigenvalue weighted by Crippen LogP contribution is 2.33. The quantitative estimate of drug-likeness (QED) is 0.568. The number of pyridine rings is 1. The van der Waals surface area contributed by atoms with E-state index in [0.717, 1.165) is 10.4 Å². The molecular weight excluding hydrogens is 344 g/mol. The van der Waals surface area contributed by atoms with E-state index in [-0.39, 0.29) is 11.4 Å². The molecule has 5 N–H and O–H groups in total. The van der Waals surface area contributed by atoms with E-state index < -0.39 is 28.6 Å². The number of nitrogens with two attached hydrogens (primary N) is 1. The first kappa shape index (κ1) is 16.5. The average Bonchev–Trinajstić information content (AvgIpc) is 3.07. The summed E-state index contributed by atoms with van der Waals surface area (Å²) in [6.07, 6.45) is 0. The number of hydrogen-bond donors (Lipinski definition) is 4. The number of carboxylic acids is 2. The summed E-state index contributed by atoms with van der Waals surface area (Å²) in [6.45, 7) is 0. The molecule has 7 nitrogen and oxygen atoms in total. The molecule has 0 fully saturated rings. The van der Waals surface area contributed by atoms with E-state index in [1.807, 2.05) is 23.6 Å². The molecule has 0 atom stereocenters. The molecule has 0 aliphatic heterocycles. The molecule has 126 valence electrons. The van der Waals surface area contributed by atoms with Crippen molar-refractivity contribution in [2.24, 2.45) is 0 Å². The summed E-state index contributed by atoms with van der Waals surface area (Å²) in [5.74, 6) is -3.34. The van der Waals surface area contributed by atoms with Crippen molar-refractivity contribution in [2.45, 2.75) is 0 Å². The Hall–Kier alpha value is -3.39. The maximum atomic E-state index is 12.1. The molecule has 3 aromatic rings. The molecule has 0 saturated carbocycles. The Kier molecular flexibility index (Phi) is 4.12. The van der Waals surface area contributed by atoms with Gasteiger partial charge in [-0.1, -0.05) is 24.3 Å². The molecule has 0 unspecified atom stereocenters. The number of nitrogens with one attached hydrogen (secondary N) is 1. The van der Waals surface area contributed by atoms with Gasteiger partial charge in [-0.05, 0) is 28.6 Å². The molecule has 2 aromatic heterocycles. The van der Waals surface area contributed by atoms with Gasteiger partial charge in [-0.15, -0.1) is 11.3 Å². The number of hydrogen-bond acceptors (Lipinski definition) is 5. The minimum absolute atomic E-state index is 0.209. The Morgan fingerprint density at radius 2 is 1.68 bits per heavy atom. The van der Waals surface area contributed by atoms with Gasteiger partial charge in [0.2, 0.25) is 0 Å². The third-order valence-electron chi connectivity index (χ3n) is 3.63. The van der Waals surface area contributed by atoms with Crippen LogP contribution >= 0.6 is 11.3 Å². The number of benzene rings is 1. The Labute approximate surface area is 145 Å². The van der Waals surface area contributed by atoms with Crippen LogP contribution in [0.5, 0.6) is 0 Å². The van der Waals surface area contributed by atoms with E-state index in [9.17, 15) is 24.6 Å². The minimum atomic E-state index is -1.53. The first-order valence-corrected chi connectivity index (χ1v) is 7.94. The largest absolute Gasteiger partial charge is 0.478 e. The number of rotatable bonds is 4. The summed E-state index contributed by atoms with van der Waals surface area (Å²) in [7, 11) is 0. The fourth-order valence-corrected chi connectivity index (χ4v) is 3.33. The summed E-state index contributed by atoms with van der Waals surface area (Å²) in [5.41, 5.74) is 4.44. The number of H-pyrrole nitrogens is 1. The maximum Gasteiger partial charge on any atom is 0.342 e. The molecule has 3 rings (SSSR count). The van der Waals surface area contributed by atoms with Gasteiger partial charge in [0.1, 0.15) is 16.9 Å². The minimum Gasteiger partial charge on any atom is -0.478 e. The first-order valence-electron chi connectivity index (χ1n) is 7.06. The Balaban J connectivity index is 2.37. The Bertz CT molecular complexity index is 1040. The lowest BCUT2D eigenvalue weighted by Gasteiger charge is -2.13. The van der Waals surface area contributed by atoms with Crippen molar-refractivity contribution in [1.82, 2.24) is 4.98 Å². The zero-order chi connectivity index (χ0) is 18.1. The van der Waals surface area contributed by atoms with Gasteiger partial charge >= 0.3 is 11.9 Å². The van der Waals surface area contributed by atoms with E-state index in [4.69, 9.17) is 5.73 Å². The lowest BCUT2D eigenvalue weighted by Crippen LogP contribution is -2.24. The molecule has 0 amide bonds. The number of carboxylic acid groups (broad SMARTS) is 2. The zero-order valence-electron chi connectivity index (χ0n) is 12.6. The average molecular weight is 356 g/mol. The van der Waals surface area contributed by atoms with Crippen LogP contribution in [0.4, 0.5) is 5.82 Å². The highest BCUT2D eigenvalue weighted by atomic mass is 32.1. The van der Waals surface area contributed by atoms with Crippen molar-refractivity contribution < 1.29 is 19.8 Å². The molecule has 25 heavy (non-hydrogen) atoms. The van der Waals surface area contributed by atoms with Crippen LogP contribution in [0.25, 0.3) is 21.6 Å². The first-order chi connectivity index (χ1) is 11.9. The Morgan fingerprint density at radius 3 is 2.28 bits per heavy atom. The van der Waals surface area contributed by atoms with E-state index in [1.165, 1.54) is 11.3 Å². The van der Waals surface area contributed by atoms with Crippen molar-refractivity contribution in [1.29, 1.82) is 0 Å². The SMILES string of the molecule is Nc1[nH]c(=O)c(C(=O)O)c(-c2cccc(-c3cccs3)c2)c1C(=O)O. The lowest BCUT2D eigenvalue weighted by atomic mass is 9.94. The maximum absolute atomic E-state index is 12.1. The van der Waals surface area contributed by atoms with Crippen molar-refractivity contribution >= 4 is 29.1 Å². The number of carbonyl (C=O) groups is 2. The smallest absolute Gasteiger partial charge is 0.342 e. The molecule has 0 spiro atoms. The van der Waals surface area contributed by atoms with Crippen LogP contribution in [0.3, 0.4) is 0 Å². The molecule has 0 aliphatic carbocycles. The van der Waals surface area contributed by atoms with Crippen LogP contribution < -0.4 is 11.3 Å². The number of anilines is 1. The van der Waals surface area contributed by atoms with Crippen molar-refractivity contribution in [3.63, 3.8) is 0 Å². The molecular formula is C17H12N2O5S. The molecule has 0 saturated heterocycles. The third kappa shape index (κ3) is 2.90. The number of aromatic carboxylic acids is 2. The number of nitrogen functional groups attached to an aromatic ring is 1. The Morgan fingerprint density at radius 1 is 1.00 bits per heavy atom. The molecule has 2 heterocycles. The van der Waals surface area contributed by atoms with E-state index in [0.29, 0.717) is 5.56 Å². The summed E-state index contributed by atoms with van der Waals surface area (Å²) in [6, 6.07) is 10.4. The highest BCUT2D eigenvalue weighted by molar-refractivity contribution is 7.13. The van der Waals surface area contributed by atoms with Crippen LogP contribution in [-0.4, -0.2) is 27.1 Å². The van der Waals surface area contributed by atoms with Crippen molar-refractivity contribution in [3.8, 4) is 21.6 Å². The van der Waals surface area contributed by atoms with Gasteiger partial charge in [0.05, 0.1) is 0 Å². The van der Waals surface area contributed by atoms with Gasteiger partial charge in [0, 0.05) is 10.4 Å². The second kappa shape index (κ2) is 6.25. The molecule has 8 heteroatoms. The van der Waals surface area contributed by atoms with Gasteiger partial charge in [-0.25, -0.2) is 9.59 Å². The third-order valence-corrected chi connectivity index (χ3v) is 4.55. The second-order valence-corrected chi connectivity index (χ2v) is 6.11. The predicted molar refractivity (Wildman–Crippen MR) is 94.1 cm³/mol. The van der Waals surface area contributed by atoms with Gasteiger partial charge in [-0.2, -0.15) is 0 Å². The highest BCUT2D eigenvalue weighted by Gasteiger charge is 2.26. The van der Waals surface area contributed by atoms with Crippen LogP contribution in [0.2, 0.25) is 0 Å². The van der Waals surface area contributed by atoms with Crippen LogP contribution in [0.15, 0.2) is 46.6 Å². The fraction of sp³-hybridized carbons (Fsp3) is 0. The standard InChI is InChI=1S/C17H12N2O5S/c18-14-12(16(21)22)11(13(17(23)24)15(20)19-14)9-4-1-3-8(7-9)10-5-2-6-25-10/h1-7H,(H,21,22)(H,23,24)(H3,18,19,20). The van der Waals surface area contributed by atoms with E-state index in [2.05, 4.69) is 4.98 Å². The molecule has 1 aromatic carbocycles. The van der Waals surface area contributed by atoms with E-state index in [1.54, 1.807) is 18.2 Å². The van der Waals surface area contributed by atoms with Gasteiger partial charge < -0.3 is 20.9 Å². The molecule has 0 radical (unpaired) electrons. The van der Waals surface area contributed by atoms with Crippen molar-refractivity contribution in [2.75, 3.05) is 5.73 Å². The fourth-order valence-electron chi connectivity index (χ4n) is 2.61. The van der Waals surface area contributed by atoms with Crippen LogP contribution in [0, 0.1) is 0 Å². The number of thiophene rings is 1. The summed E-state index contributed by atoms with van der Waals surface area (Å²) < 4.78 is 0. The van der Waals surface area contributed by atoms with Crippen molar-refractivity contribution in [3.05, 3.63) is 63.3 Å². The number of aromatic nitrogens is 1. The van der Waals surface area contributed by atoms with Gasteiger partial charge in [-0.3, -0.25) is 4.79 Å². The molecule has 0 bridgehead atoms. The monoisotopic (exact) mass is 356 g/mol. The topological polar surface area (TPSA) is 133 Å². The summed E-state index contributed by atoms with van der Waals surface area (Å²) >= 11 is 1.48. The lowest BCUT2D eigenvalue weighted by molar-refractivity contribution is 0.0695. The number of aromatic amines is 1. The summed E-state index contributed by atoms with van der Waals surface area (Å²) in [5, 5.41) is 20.8.